The lowest BCUT2D eigenvalue weighted by molar-refractivity contribution is -0.384. The van der Waals surface area contributed by atoms with Crippen LogP contribution in [-0.4, -0.2) is 26.6 Å². The van der Waals surface area contributed by atoms with Gasteiger partial charge in [-0.3, -0.25) is 24.6 Å². The second kappa shape index (κ2) is 6.13. The lowest BCUT2D eigenvalue weighted by Gasteiger charge is -2.10. The summed E-state index contributed by atoms with van der Waals surface area (Å²) in [6.07, 6.45) is 1.41. The lowest BCUT2D eigenvalue weighted by Crippen LogP contribution is -2.29. The van der Waals surface area contributed by atoms with E-state index in [1.165, 1.54) is 42.6 Å². The Morgan fingerprint density at radius 3 is 2.48 bits per heavy atom. The summed E-state index contributed by atoms with van der Waals surface area (Å²) in [6, 6.07) is 9.08. The quantitative estimate of drug-likeness (QED) is 0.398. The Morgan fingerprint density at radius 2 is 1.78 bits per heavy atom. The minimum atomic E-state index is -0.653. The first kappa shape index (κ1) is 16.6. The monoisotopic (exact) mass is 367 g/mol. The van der Waals surface area contributed by atoms with Crippen molar-refractivity contribution in [3.8, 4) is 11.3 Å². The maximum atomic E-state index is 13.0. The molecule has 0 saturated heterocycles. The van der Waals surface area contributed by atoms with E-state index in [-0.39, 0.29) is 29.2 Å². The molecule has 2 heterocycles. The van der Waals surface area contributed by atoms with Crippen LogP contribution in [0.25, 0.3) is 11.3 Å². The number of benzene rings is 2. The van der Waals surface area contributed by atoms with Crippen LogP contribution in [-0.2, 0) is 6.54 Å². The first-order chi connectivity index (χ1) is 12.9. The maximum Gasteiger partial charge on any atom is 0.270 e. The molecule has 0 unspecified atom stereocenters. The second-order valence-corrected chi connectivity index (χ2v) is 5.81. The number of rotatable bonds is 4. The standard InChI is InChI=1S/C18H10FN3O5/c19-11-3-1-10(2-4-11)15-8-20-16(27-15)9-21-17(23)13-6-5-12(22(25)26)7-14(13)18(21)24/h1-8H,9H2. The van der Waals surface area contributed by atoms with E-state index in [9.17, 15) is 24.1 Å². The van der Waals surface area contributed by atoms with E-state index in [1.807, 2.05) is 0 Å². The molecule has 1 aliphatic heterocycles. The molecule has 0 fully saturated rings. The third kappa shape index (κ3) is 2.84. The molecule has 0 radical (unpaired) electrons. The van der Waals surface area contributed by atoms with Crippen LogP contribution in [0.2, 0.25) is 0 Å². The van der Waals surface area contributed by atoms with Crippen molar-refractivity contribution in [2.24, 2.45) is 0 Å². The third-order valence-corrected chi connectivity index (χ3v) is 4.14. The smallest absolute Gasteiger partial charge is 0.270 e. The number of halogens is 1. The third-order valence-electron chi connectivity index (χ3n) is 4.14. The van der Waals surface area contributed by atoms with Crippen molar-refractivity contribution in [1.29, 1.82) is 0 Å². The number of nitro groups is 1. The van der Waals surface area contributed by atoms with E-state index in [0.717, 1.165) is 11.0 Å². The molecule has 3 aromatic rings. The molecule has 1 aliphatic rings. The number of oxazole rings is 1. The summed E-state index contributed by atoms with van der Waals surface area (Å²) in [6.45, 7) is -0.221. The van der Waals surface area contributed by atoms with Gasteiger partial charge < -0.3 is 4.42 Å². The van der Waals surface area contributed by atoms with Crippen LogP contribution in [0.1, 0.15) is 26.6 Å². The fourth-order valence-corrected chi connectivity index (χ4v) is 2.80. The van der Waals surface area contributed by atoms with Crippen molar-refractivity contribution in [3.05, 3.63) is 81.6 Å². The Kier molecular flexibility index (Phi) is 3.76. The SMILES string of the molecule is O=C1c2ccc([N+](=O)[O-])cc2C(=O)N1Cc1ncc(-c2ccc(F)cc2)o1. The molecule has 2 aromatic carbocycles. The summed E-state index contributed by atoms with van der Waals surface area (Å²) in [5, 5.41) is 10.9. The van der Waals surface area contributed by atoms with E-state index in [0.29, 0.717) is 11.3 Å². The molecular formula is C18H10FN3O5. The summed E-state index contributed by atoms with van der Waals surface area (Å²) in [5.41, 5.74) is 0.384. The fourth-order valence-electron chi connectivity index (χ4n) is 2.80. The first-order valence-electron chi connectivity index (χ1n) is 7.79. The highest BCUT2D eigenvalue weighted by Crippen LogP contribution is 2.28. The van der Waals surface area contributed by atoms with Gasteiger partial charge in [0.25, 0.3) is 17.5 Å². The molecule has 0 spiro atoms. The molecule has 9 heteroatoms. The van der Waals surface area contributed by atoms with Crippen LogP contribution < -0.4 is 0 Å². The van der Waals surface area contributed by atoms with E-state index in [1.54, 1.807) is 0 Å². The van der Waals surface area contributed by atoms with Gasteiger partial charge in [-0.2, -0.15) is 0 Å². The fraction of sp³-hybridized carbons (Fsp3) is 0.0556. The summed E-state index contributed by atoms with van der Waals surface area (Å²) < 4.78 is 18.5. The van der Waals surface area contributed by atoms with E-state index in [4.69, 9.17) is 4.42 Å². The second-order valence-electron chi connectivity index (χ2n) is 5.81. The number of imide groups is 1. The summed E-state index contributed by atoms with van der Waals surface area (Å²) >= 11 is 0. The number of nitro benzene ring substituents is 1. The molecule has 4 rings (SSSR count). The van der Waals surface area contributed by atoms with Crippen molar-refractivity contribution in [1.82, 2.24) is 9.88 Å². The zero-order chi connectivity index (χ0) is 19.1. The van der Waals surface area contributed by atoms with Crippen molar-refractivity contribution in [2.75, 3.05) is 0 Å². The highest BCUT2D eigenvalue weighted by atomic mass is 19.1. The van der Waals surface area contributed by atoms with Gasteiger partial charge in [0.05, 0.1) is 22.2 Å². The van der Waals surface area contributed by atoms with Crippen molar-refractivity contribution in [2.45, 2.75) is 6.54 Å². The molecule has 0 bridgehead atoms. The molecule has 2 amide bonds. The summed E-state index contributed by atoms with van der Waals surface area (Å²) in [7, 11) is 0. The van der Waals surface area contributed by atoms with Gasteiger partial charge in [-0.15, -0.1) is 0 Å². The topological polar surface area (TPSA) is 107 Å². The van der Waals surface area contributed by atoms with Crippen LogP contribution in [0.3, 0.4) is 0 Å². The zero-order valence-corrected chi connectivity index (χ0v) is 13.6. The molecule has 0 saturated carbocycles. The van der Waals surface area contributed by atoms with Crippen LogP contribution >= 0.6 is 0 Å². The summed E-state index contributed by atoms with van der Waals surface area (Å²) in [4.78, 5) is 40.1. The molecule has 0 atom stereocenters. The first-order valence-corrected chi connectivity index (χ1v) is 7.79. The number of nitrogens with zero attached hydrogens (tertiary/aromatic N) is 3. The summed E-state index contributed by atoms with van der Waals surface area (Å²) in [5.74, 6) is -1.15. The number of aromatic nitrogens is 1. The Balaban J connectivity index is 1.58. The molecule has 0 N–H and O–H groups in total. The normalized spacial score (nSPS) is 13.1. The average Bonchev–Trinajstić information content (AvgIpc) is 3.21. The number of fused-ring (bicyclic) bond motifs is 1. The molecular weight excluding hydrogens is 357 g/mol. The number of amides is 2. The molecule has 27 heavy (non-hydrogen) atoms. The van der Waals surface area contributed by atoms with E-state index in [2.05, 4.69) is 4.98 Å². The van der Waals surface area contributed by atoms with Gasteiger partial charge in [-0.05, 0) is 30.3 Å². The van der Waals surface area contributed by atoms with Crippen LogP contribution in [0.5, 0.6) is 0 Å². The van der Waals surface area contributed by atoms with Crippen LogP contribution in [0.4, 0.5) is 10.1 Å². The highest BCUT2D eigenvalue weighted by molar-refractivity contribution is 6.21. The van der Waals surface area contributed by atoms with Gasteiger partial charge >= 0.3 is 0 Å². The number of non-ortho nitro benzene ring substituents is 1. The average molecular weight is 367 g/mol. The predicted octanol–water partition coefficient (Wildman–Crippen LogP) is 3.19. The van der Waals surface area contributed by atoms with Crippen molar-refractivity contribution >= 4 is 17.5 Å². The molecule has 8 nitrogen and oxygen atoms in total. The minimum absolute atomic E-state index is 0.0282. The predicted molar refractivity (Wildman–Crippen MR) is 89.2 cm³/mol. The molecule has 134 valence electrons. The van der Waals surface area contributed by atoms with E-state index < -0.39 is 22.6 Å². The lowest BCUT2D eigenvalue weighted by atomic mass is 10.1. The largest absolute Gasteiger partial charge is 0.439 e. The Morgan fingerprint density at radius 1 is 1.07 bits per heavy atom. The Hall–Kier alpha value is -3.88. The van der Waals surface area contributed by atoms with Crippen molar-refractivity contribution < 1.29 is 23.3 Å². The number of hydrogen-bond acceptors (Lipinski definition) is 6. The van der Waals surface area contributed by atoms with Crippen LogP contribution in [0.15, 0.2) is 53.1 Å². The number of hydrogen-bond donors (Lipinski definition) is 0. The van der Waals surface area contributed by atoms with Gasteiger partial charge in [0, 0.05) is 17.7 Å². The van der Waals surface area contributed by atoms with Gasteiger partial charge in [0.1, 0.15) is 12.4 Å². The Labute approximate surface area is 151 Å². The molecule has 1 aromatic heterocycles. The Bertz CT molecular complexity index is 1090. The van der Waals surface area contributed by atoms with Crippen LogP contribution in [0, 0.1) is 15.9 Å². The molecule has 0 aliphatic carbocycles. The maximum absolute atomic E-state index is 13.0. The number of carbonyl (C=O) groups is 2. The highest BCUT2D eigenvalue weighted by Gasteiger charge is 2.37. The van der Waals surface area contributed by atoms with E-state index >= 15 is 0 Å². The number of carbonyl (C=O) groups excluding carboxylic acids is 2. The van der Waals surface area contributed by atoms with Crippen molar-refractivity contribution in [3.63, 3.8) is 0 Å². The van der Waals surface area contributed by atoms with Gasteiger partial charge in [0.15, 0.2) is 5.76 Å². The van der Waals surface area contributed by atoms with Gasteiger partial charge in [-0.25, -0.2) is 9.37 Å². The van der Waals surface area contributed by atoms with Gasteiger partial charge in [0.2, 0.25) is 5.89 Å². The van der Waals surface area contributed by atoms with Gasteiger partial charge in [-0.1, -0.05) is 0 Å². The zero-order valence-electron chi connectivity index (χ0n) is 13.6. The minimum Gasteiger partial charge on any atom is -0.439 e.